The summed E-state index contributed by atoms with van der Waals surface area (Å²) in [6.45, 7) is 14.1. The molecule has 0 N–H and O–H groups in total. The standard InChI is InChI=1S/C26H32N2O4S/c1-8-20-18(5)21(32-26(6,7)25(29)30-9-2)12-13-22(20)31-15-23-27-24(28-33-23)19-11-10-16(3)17(4)14-19/h10-14H,8-9,15H2,1-7H3. The van der Waals surface area contributed by atoms with Gasteiger partial charge in [0.1, 0.15) is 18.1 Å². The molecule has 0 amide bonds. The predicted octanol–water partition coefficient (Wildman–Crippen LogP) is 5.99. The van der Waals surface area contributed by atoms with Gasteiger partial charge in [0.25, 0.3) is 0 Å². The van der Waals surface area contributed by atoms with Crippen LogP contribution < -0.4 is 9.47 Å². The van der Waals surface area contributed by atoms with Gasteiger partial charge in [0, 0.05) is 11.1 Å². The topological polar surface area (TPSA) is 70.5 Å². The maximum atomic E-state index is 12.2. The van der Waals surface area contributed by atoms with E-state index < -0.39 is 11.6 Å². The molecule has 0 fully saturated rings. The number of rotatable bonds is 9. The van der Waals surface area contributed by atoms with Gasteiger partial charge in [0.2, 0.25) is 0 Å². The van der Waals surface area contributed by atoms with Crippen molar-refractivity contribution in [3.05, 3.63) is 57.6 Å². The number of hydrogen-bond donors (Lipinski definition) is 0. The van der Waals surface area contributed by atoms with Crippen LogP contribution in [0.25, 0.3) is 11.4 Å². The number of esters is 1. The molecule has 176 valence electrons. The van der Waals surface area contributed by atoms with Crippen LogP contribution in [-0.2, 0) is 22.6 Å². The number of nitrogens with zero attached hydrogens (tertiary/aromatic N) is 2. The summed E-state index contributed by atoms with van der Waals surface area (Å²) in [6.07, 6.45) is 0.766. The number of ether oxygens (including phenoxy) is 3. The van der Waals surface area contributed by atoms with Crippen LogP contribution in [0.15, 0.2) is 30.3 Å². The van der Waals surface area contributed by atoms with E-state index >= 15 is 0 Å². The first-order valence-electron chi connectivity index (χ1n) is 11.2. The minimum absolute atomic E-state index is 0.314. The van der Waals surface area contributed by atoms with Gasteiger partial charge in [-0.1, -0.05) is 19.1 Å². The zero-order chi connectivity index (χ0) is 24.2. The van der Waals surface area contributed by atoms with E-state index in [0.29, 0.717) is 19.0 Å². The Balaban J connectivity index is 1.74. The monoisotopic (exact) mass is 468 g/mol. The molecule has 6 nitrogen and oxygen atoms in total. The zero-order valence-electron chi connectivity index (χ0n) is 20.4. The first-order valence-corrected chi connectivity index (χ1v) is 11.9. The summed E-state index contributed by atoms with van der Waals surface area (Å²) in [4.78, 5) is 16.9. The number of carbonyl (C=O) groups excluding carboxylic acids is 1. The van der Waals surface area contributed by atoms with Crippen LogP contribution in [0.1, 0.15) is 55.0 Å². The lowest BCUT2D eigenvalue weighted by atomic mass is 10.0. The Hall–Kier alpha value is -2.93. The molecule has 2 aromatic carbocycles. The molecule has 1 aromatic heterocycles. The molecule has 0 aliphatic rings. The van der Waals surface area contributed by atoms with Crippen molar-refractivity contribution >= 4 is 17.5 Å². The molecule has 0 aliphatic heterocycles. The van der Waals surface area contributed by atoms with E-state index in [2.05, 4.69) is 42.3 Å². The number of aromatic nitrogens is 2. The molecule has 3 rings (SSSR count). The molecule has 7 heteroatoms. The molecule has 0 bridgehead atoms. The average molecular weight is 469 g/mol. The second-order valence-electron chi connectivity index (χ2n) is 8.45. The third-order valence-corrected chi connectivity index (χ3v) is 6.26. The van der Waals surface area contributed by atoms with Gasteiger partial charge >= 0.3 is 5.97 Å². The fourth-order valence-electron chi connectivity index (χ4n) is 3.47. The minimum atomic E-state index is -1.08. The molecular formula is C26H32N2O4S. The van der Waals surface area contributed by atoms with E-state index in [1.54, 1.807) is 20.8 Å². The highest BCUT2D eigenvalue weighted by molar-refractivity contribution is 7.05. The van der Waals surface area contributed by atoms with E-state index in [4.69, 9.17) is 14.2 Å². The van der Waals surface area contributed by atoms with Crippen molar-refractivity contribution in [2.24, 2.45) is 0 Å². The number of hydrogen-bond acceptors (Lipinski definition) is 7. The molecule has 0 saturated heterocycles. The largest absolute Gasteiger partial charge is 0.486 e. The zero-order valence-corrected chi connectivity index (χ0v) is 21.3. The van der Waals surface area contributed by atoms with E-state index in [1.807, 2.05) is 25.1 Å². The van der Waals surface area contributed by atoms with Gasteiger partial charge in [-0.25, -0.2) is 9.78 Å². The Morgan fingerprint density at radius 2 is 1.76 bits per heavy atom. The lowest BCUT2D eigenvalue weighted by Crippen LogP contribution is -2.40. The van der Waals surface area contributed by atoms with Crippen molar-refractivity contribution in [2.45, 2.75) is 67.1 Å². The van der Waals surface area contributed by atoms with Crippen LogP contribution in [0, 0.1) is 20.8 Å². The molecule has 1 heterocycles. The van der Waals surface area contributed by atoms with Crippen LogP contribution in [-0.4, -0.2) is 27.5 Å². The van der Waals surface area contributed by atoms with Crippen molar-refractivity contribution in [3.8, 4) is 22.9 Å². The van der Waals surface area contributed by atoms with Gasteiger partial charge in [0.15, 0.2) is 16.4 Å². The second kappa shape index (κ2) is 10.3. The molecule has 0 aliphatic carbocycles. The maximum Gasteiger partial charge on any atom is 0.349 e. The lowest BCUT2D eigenvalue weighted by molar-refractivity contribution is -0.158. The third kappa shape index (κ3) is 5.71. The van der Waals surface area contributed by atoms with E-state index in [-0.39, 0.29) is 0 Å². The Morgan fingerprint density at radius 3 is 2.42 bits per heavy atom. The smallest absolute Gasteiger partial charge is 0.349 e. The van der Waals surface area contributed by atoms with E-state index in [0.717, 1.165) is 39.7 Å². The SMILES string of the molecule is CCOC(=O)C(C)(C)Oc1ccc(OCc2nc(-c3ccc(C)c(C)c3)ns2)c(CC)c1C. The number of aryl methyl sites for hydroxylation is 2. The fourth-order valence-corrected chi connectivity index (χ4v) is 4.04. The Labute approximate surface area is 200 Å². The highest BCUT2D eigenvalue weighted by Crippen LogP contribution is 2.33. The normalized spacial score (nSPS) is 11.4. The lowest BCUT2D eigenvalue weighted by Gasteiger charge is -2.26. The molecular weight excluding hydrogens is 436 g/mol. The highest BCUT2D eigenvalue weighted by Gasteiger charge is 2.32. The highest BCUT2D eigenvalue weighted by atomic mass is 32.1. The molecule has 33 heavy (non-hydrogen) atoms. The van der Waals surface area contributed by atoms with Crippen molar-refractivity contribution in [1.82, 2.24) is 9.36 Å². The van der Waals surface area contributed by atoms with Crippen LogP contribution in [0.2, 0.25) is 0 Å². The molecule has 0 saturated carbocycles. The molecule has 0 unspecified atom stereocenters. The van der Waals surface area contributed by atoms with Gasteiger partial charge in [-0.15, -0.1) is 0 Å². The van der Waals surface area contributed by atoms with Gasteiger partial charge in [-0.05, 0) is 94.4 Å². The number of benzene rings is 2. The fraction of sp³-hybridized carbons (Fsp3) is 0.423. The van der Waals surface area contributed by atoms with Crippen LogP contribution in [0.5, 0.6) is 11.5 Å². The first kappa shape index (κ1) is 24.7. The quantitative estimate of drug-likeness (QED) is 0.359. The summed E-state index contributed by atoms with van der Waals surface area (Å²) in [7, 11) is 0. The Bertz CT molecular complexity index is 1140. The summed E-state index contributed by atoms with van der Waals surface area (Å²) < 4.78 is 21.8. The Morgan fingerprint density at radius 1 is 1.03 bits per heavy atom. The Kier molecular flexibility index (Phi) is 7.74. The first-order chi connectivity index (χ1) is 15.7. The van der Waals surface area contributed by atoms with Gasteiger partial charge < -0.3 is 14.2 Å². The molecule has 0 atom stereocenters. The maximum absolute atomic E-state index is 12.2. The molecule has 0 radical (unpaired) electrons. The summed E-state index contributed by atoms with van der Waals surface area (Å²) in [6, 6.07) is 9.96. The second-order valence-corrected chi connectivity index (χ2v) is 9.29. The van der Waals surface area contributed by atoms with Crippen LogP contribution in [0.4, 0.5) is 0 Å². The summed E-state index contributed by atoms with van der Waals surface area (Å²) in [5, 5.41) is 0.812. The van der Waals surface area contributed by atoms with Crippen LogP contribution >= 0.6 is 11.5 Å². The van der Waals surface area contributed by atoms with E-state index in [1.165, 1.54) is 22.7 Å². The summed E-state index contributed by atoms with van der Waals surface area (Å²) in [5.41, 5.74) is 4.38. The summed E-state index contributed by atoms with van der Waals surface area (Å²) >= 11 is 1.35. The third-order valence-electron chi connectivity index (χ3n) is 5.58. The average Bonchev–Trinajstić information content (AvgIpc) is 3.25. The minimum Gasteiger partial charge on any atom is -0.486 e. The molecule has 3 aromatic rings. The van der Waals surface area contributed by atoms with Crippen molar-refractivity contribution in [1.29, 1.82) is 0 Å². The van der Waals surface area contributed by atoms with Crippen LogP contribution in [0.3, 0.4) is 0 Å². The predicted molar refractivity (Wildman–Crippen MR) is 131 cm³/mol. The number of carbonyl (C=O) groups is 1. The molecule has 0 spiro atoms. The summed E-state index contributed by atoms with van der Waals surface area (Å²) in [5.74, 6) is 1.75. The van der Waals surface area contributed by atoms with Crippen molar-refractivity contribution < 1.29 is 19.0 Å². The van der Waals surface area contributed by atoms with Gasteiger partial charge in [-0.2, -0.15) is 4.37 Å². The van der Waals surface area contributed by atoms with Gasteiger partial charge in [-0.3, -0.25) is 0 Å². The van der Waals surface area contributed by atoms with Gasteiger partial charge in [0.05, 0.1) is 6.61 Å². The van der Waals surface area contributed by atoms with E-state index in [9.17, 15) is 4.79 Å². The van der Waals surface area contributed by atoms with Crippen molar-refractivity contribution in [2.75, 3.05) is 6.61 Å². The van der Waals surface area contributed by atoms with Crippen molar-refractivity contribution in [3.63, 3.8) is 0 Å².